The lowest BCUT2D eigenvalue weighted by atomic mass is 10.1. The molecule has 1 N–H and O–H groups in total. The summed E-state index contributed by atoms with van der Waals surface area (Å²) >= 11 is 9.00. The predicted molar refractivity (Wildman–Crippen MR) is 377 cm³/mol. The summed E-state index contributed by atoms with van der Waals surface area (Å²) in [5.74, 6) is 0. The van der Waals surface area contributed by atoms with Crippen molar-refractivity contribution < 1.29 is 0 Å². The largest absolute Gasteiger partial charge is 0.345 e. The lowest BCUT2D eigenvalue weighted by Gasteiger charge is -2.09. The summed E-state index contributed by atoms with van der Waals surface area (Å²) in [6.07, 6.45) is 1.75. The molecule has 0 radical (unpaired) electrons. The van der Waals surface area contributed by atoms with E-state index in [-0.39, 0.29) is 0 Å². The number of nitrogens with zero attached hydrogens (tertiary/aromatic N) is 6. The third kappa shape index (κ3) is 7.52. The van der Waals surface area contributed by atoms with Crippen LogP contribution in [0, 0.1) is 0 Å². The van der Waals surface area contributed by atoms with Crippen LogP contribution in [0.4, 0.5) is 0 Å². The Hall–Kier alpha value is -10.1. The highest BCUT2D eigenvalue weighted by Gasteiger charge is 2.21. The van der Waals surface area contributed by atoms with Crippen molar-refractivity contribution in [3.05, 3.63) is 254 Å². The summed E-state index contributed by atoms with van der Waals surface area (Å²) in [5, 5.41) is 15.9. The zero-order valence-corrected chi connectivity index (χ0v) is 50.1. The highest BCUT2D eigenvalue weighted by molar-refractivity contribution is 7.27. The SMILES string of the molecule is c1ccc2c(c1)sc1cc3c(cc12)c1ccccc1n3-c1ccc2nc[nH]c2c1.c1ccc2c(c1)sc1ccc3c(c4ccccc4n3-c3ccc4ncsc4c3)c12.c1ccc2c(c1)sc1ccc3c4ccccc4n(-c4ccc5ncsc5c4)c3c12. The topological polar surface area (TPSA) is 69.2 Å². The van der Waals surface area contributed by atoms with Gasteiger partial charge in [0, 0.05) is 110 Å². The number of benzene rings is 12. The van der Waals surface area contributed by atoms with Crippen molar-refractivity contribution in [2.24, 2.45) is 0 Å². The number of thiazole rings is 2. The number of nitrogens with one attached hydrogen (secondary N) is 1. The van der Waals surface area contributed by atoms with E-state index in [2.05, 4.69) is 270 Å². The Morgan fingerprint density at radius 3 is 1.48 bits per heavy atom. The lowest BCUT2D eigenvalue weighted by molar-refractivity contribution is 1.19. The number of hydrogen-bond acceptors (Lipinski definition) is 8. The average Bonchev–Trinajstić information content (AvgIpc) is 1.69. The van der Waals surface area contributed by atoms with E-state index in [1.807, 2.05) is 45.0 Å². The van der Waals surface area contributed by atoms with Gasteiger partial charge in [0.2, 0.25) is 0 Å². The van der Waals surface area contributed by atoms with Crippen molar-refractivity contribution in [2.75, 3.05) is 0 Å². The van der Waals surface area contributed by atoms with Gasteiger partial charge in [-0.2, -0.15) is 0 Å². The molecule has 0 aliphatic heterocycles. The molecule has 21 rings (SSSR count). The fraction of sp³-hybridized carbons (Fsp3) is 0. The first-order chi connectivity index (χ1) is 43.1. The minimum Gasteiger partial charge on any atom is -0.345 e. The zero-order valence-electron chi connectivity index (χ0n) is 46.0. The van der Waals surface area contributed by atoms with E-state index in [9.17, 15) is 0 Å². The van der Waals surface area contributed by atoms with Gasteiger partial charge < -0.3 is 18.7 Å². The van der Waals surface area contributed by atoms with Crippen LogP contribution >= 0.6 is 56.7 Å². The van der Waals surface area contributed by atoms with Crippen LogP contribution in [0.3, 0.4) is 0 Å². The molecule has 408 valence electrons. The third-order valence-corrected chi connectivity index (χ3v) is 22.3. The van der Waals surface area contributed by atoms with Crippen LogP contribution in [0.5, 0.6) is 0 Å². The molecule has 87 heavy (non-hydrogen) atoms. The van der Waals surface area contributed by atoms with Gasteiger partial charge >= 0.3 is 0 Å². The molecule has 9 aromatic heterocycles. The number of hydrogen-bond donors (Lipinski definition) is 1. The van der Waals surface area contributed by atoms with E-state index < -0.39 is 0 Å². The molecule has 0 bridgehead atoms. The molecule has 7 nitrogen and oxygen atoms in total. The van der Waals surface area contributed by atoms with E-state index in [1.54, 1.807) is 29.0 Å². The fourth-order valence-electron chi connectivity index (χ4n) is 13.6. The number of rotatable bonds is 3. The average molecular weight is 1200 g/mol. The summed E-state index contributed by atoms with van der Waals surface area (Å²) in [4.78, 5) is 16.5. The summed E-state index contributed by atoms with van der Waals surface area (Å²) < 4.78 is 17.7. The van der Waals surface area contributed by atoms with Crippen LogP contribution in [0.1, 0.15) is 0 Å². The molecule has 0 aliphatic carbocycles. The first-order valence-corrected chi connectivity index (χ1v) is 33.0. The molecule has 0 atom stereocenters. The predicted octanol–water partition coefficient (Wildman–Crippen LogP) is 22.6. The Kier molecular flexibility index (Phi) is 10.9. The number of para-hydroxylation sites is 3. The quantitative estimate of drug-likeness (QED) is 0.192. The highest BCUT2D eigenvalue weighted by atomic mass is 32.1. The molecule has 0 spiro atoms. The second kappa shape index (κ2) is 19.2. The van der Waals surface area contributed by atoms with Crippen LogP contribution in [0.2, 0.25) is 0 Å². The molecule has 21 aromatic rings. The molecule has 12 heteroatoms. The zero-order chi connectivity index (χ0) is 56.8. The normalized spacial score (nSPS) is 12.1. The molecular formula is C75H43N7S5. The van der Waals surface area contributed by atoms with E-state index in [1.165, 1.54) is 147 Å². The fourth-order valence-corrected chi connectivity index (χ4v) is 18.3. The van der Waals surface area contributed by atoms with Gasteiger partial charge in [0.25, 0.3) is 0 Å². The maximum atomic E-state index is 4.46. The number of aromatic nitrogens is 7. The van der Waals surface area contributed by atoms with Crippen molar-refractivity contribution in [3.63, 3.8) is 0 Å². The Bertz CT molecular complexity index is 6350. The Morgan fingerprint density at radius 2 is 0.782 bits per heavy atom. The maximum absolute atomic E-state index is 4.46. The van der Waals surface area contributed by atoms with Gasteiger partial charge in [-0.25, -0.2) is 15.0 Å². The minimum atomic E-state index is 0.987. The first kappa shape index (κ1) is 49.2. The van der Waals surface area contributed by atoms with E-state index in [0.29, 0.717) is 0 Å². The maximum Gasteiger partial charge on any atom is 0.0931 e. The van der Waals surface area contributed by atoms with E-state index in [4.69, 9.17) is 0 Å². The number of thiophene rings is 3. The van der Waals surface area contributed by atoms with Gasteiger partial charge in [-0.15, -0.1) is 56.7 Å². The molecular weight excluding hydrogens is 1160 g/mol. The molecule has 0 unspecified atom stereocenters. The smallest absolute Gasteiger partial charge is 0.0931 e. The van der Waals surface area contributed by atoms with Gasteiger partial charge in [0.1, 0.15) is 0 Å². The van der Waals surface area contributed by atoms with Crippen LogP contribution in [-0.2, 0) is 0 Å². The molecule has 0 fully saturated rings. The summed E-state index contributed by atoms with van der Waals surface area (Å²) in [7, 11) is 0. The second-order valence-corrected chi connectivity index (χ2v) is 27.0. The molecule has 0 aliphatic rings. The standard InChI is InChI=1S/C25H15N3S.2C25H14N2S2/c1-3-7-22-16(5-1)18-12-19-17-6-2-4-8-24(17)29-25(19)13-23(18)28(22)15-9-10-20-21(11-15)27-14-26-20;1-3-7-20-16(5-1)17-10-12-22-24(18-6-2-4-8-21(18)29-22)25(17)27(20)15-9-11-19-23(13-15)28-14-26-19;1-3-7-19-16(5-1)24-20(27(19)15-9-10-18-23(13-15)28-14-26-18)11-12-22-25(24)17-6-2-4-8-21(17)29-22/h1-14H,(H,26,27);2*1-14H. The van der Waals surface area contributed by atoms with Gasteiger partial charge in [-0.1, -0.05) is 115 Å². The van der Waals surface area contributed by atoms with E-state index >= 15 is 0 Å². The third-order valence-electron chi connectivity index (χ3n) is 17.3. The van der Waals surface area contributed by atoms with Crippen molar-refractivity contribution in [1.82, 2.24) is 33.6 Å². The Balaban J connectivity index is 0.0000000950. The first-order valence-electron chi connectivity index (χ1n) is 28.8. The summed E-state index contributed by atoms with van der Waals surface area (Å²) in [6.45, 7) is 0. The van der Waals surface area contributed by atoms with Crippen molar-refractivity contribution in [3.8, 4) is 17.1 Å². The summed E-state index contributed by atoms with van der Waals surface area (Å²) in [5.41, 5.74) is 19.0. The molecule has 0 saturated carbocycles. The van der Waals surface area contributed by atoms with Crippen molar-refractivity contribution >= 4 is 214 Å². The number of H-pyrrole nitrogens is 1. The molecule has 12 aromatic carbocycles. The molecule has 0 saturated heterocycles. The summed E-state index contributed by atoms with van der Waals surface area (Å²) in [6, 6.07) is 85.8. The minimum absolute atomic E-state index is 0.987. The van der Waals surface area contributed by atoms with Gasteiger partial charge in [-0.3, -0.25) is 0 Å². The monoisotopic (exact) mass is 1200 g/mol. The Morgan fingerprint density at radius 1 is 0.276 bits per heavy atom. The number of aromatic amines is 1. The lowest BCUT2D eigenvalue weighted by Crippen LogP contribution is -1.93. The highest BCUT2D eigenvalue weighted by Crippen LogP contribution is 2.46. The van der Waals surface area contributed by atoms with Crippen LogP contribution in [0.15, 0.2) is 254 Å². The Labute approximate surface area is 514 Å². The van der Waals surface area contributed by atoms with Crippen LogP contribution in [-0.4, -0.2) is 33.6 Å². The van der Waals surface area contributed by atoms with Crippen molar-refractivity contribution in [2.45, 2.75) is 0 Å². The van der Waals surface area contributed by atoms with Crippen LogP contribution in [0.25, 0.3) is 174 Å². The molecule has 9 heterocycles. The molecule has 0 amide bonds. The van der Waals surface area contributed by atoms with Gasteiger partial charge in [-0.05, 0) is 121 Å². The van der Waals surface area contributed by atoms with Gasteiger partial charge in [0.05, 0.1) is 81.9 Å². The van der Waals surface area contributed by atoms with Gasteiger partial charge in [0.15, 0.2) is 0 Å². The van der Waals surface area contributed by atoms with E-state index in [0.717, 1.165) is 27.8 Å². The second-order valence-electron chi connectivity index (χ2n) is 22.0. The number of fused-ring (bicyclic) bond motifs is 23. The van der Waals surface area contributed by atoms with Crippen molar-refractivity contribution in [1.29, 1.82) is 0 Å². The van der Waals surface area contributed by atoms with Crippen LogP contribution < -0.4 is 0 Å². The number of imidazole rings is 1.